The summed E-state index contributed by atoms with van der Waals surface area (Å²) in [4.78, 5) is 19.6. The van der Waals surface area contributed by atoms with Crippen molar-refractivity contribution in [3.63, 3.8) is 0 Å². The van der Waals surface area contributed by atoms with Crippen LogP contribution in [-0.2, 0) is 16.0 Å². The molecule has 4 heteroatoms. The fourth-order valence-electron chi connectivity index (χ4n) is 3.01. The topological polar surface area (TPSA) is 54.4 Å². The maximum absolute atomic E-state index is 11.5. The van der Waals surface area contributed by atoms with Gasteiger partial charge in [0.2, 0.25) is 0 Å². The van der Waals surface area contributed by atoms with Gasteiger partial charge in [0.05, 0.1) is 12.3 Å². The molecule has 1 N–H and O–H groups in total. The third kappa shape index (κ3) is 4.20. The molecular weight excluding hydrogens is 324 g/mol. The lowest BCUT2D eigenvalue weighted by atomic mass is 9.98. The fraction of sp³-hybridized carbons (Fsp3) is 0.273. The van der Waals surface area contributed by atoms with Gasteiger partial charge in [0, 0.05) is 29.1 Å². The number of H-pyrrole nitrogens is 1. The number of aromatic amines is 1. The molecule has 0 unspecified atom stereocenters. The Hall–Kier alpha value is -2.88. The van der Waals surface area contributed by atoms with Gasteiger partial charge in [-0.1, -0.05) is 24.3 Å². The van der Waals surface area contributed by atoms with E-state index in [1.165, 1.54) is 0 Å². The molecule has 0 atom stereocenters. The molecule has 0 amide bonds. The molecule has 0 saturated heterocycles. The van der Waals surface area contributed by atoms with Gasteiger partial charge >= 0.3 is 5.97 Å². The number of carbonyl (C=O) groups is 1. The minimum Gasteiger partial charge on any atom is -0.466 e. The molecule has 0 bridgehead atoms. The summed E-state index contributed by atoms with van der Waals surface area (Å²) >= 11 is 0. The number of carbonyl (C=O) groups excluding carboxylic acids is 1. The van der Waals surface area contributed by atoms with Crippen molar-refractivity contribution in [2.75, 3.05) is 6.61 Å². The van der Waals surface area contributed by atoms with Crippen molar-refractivity contribution < 1.29 is 9.53 Å². The van der Waals surface area contributed by atoms with E-state index in [0.717, 1.165) is 39.5 Å². The highest BCUT2D eigenvalue weighted by atomic mass is 16.5. The van der Waals surface area contributed by atoms with E-state index in [2.05, 4.69) is 52.5 Å². The molecular formula is C22H24N2O2. The maximum atomic E-state index is 11.5. The van der Waals surface area contributed by atoms with E-state index in [1.807, 2.05) is 26.8 Å². The third-order valence-corrected chi connectivity index (χ3v) is 4.30. The lowest BCUT2D eigenvalue weighted by molar-refractivity contribution is -0.143. The van der Waals surface area contributed by atoms with E-state index < -0.39 is 0 Å². The average Bonchev–Trinajstić information content (AvgIpc) is 3.24. The van der Waals surface area contributed by atoms with E-state index in [9.17, 15) is 4.79 Å². The maximum Gasteiger partial charge on any atom is 0.306 e. The van der Waals surface area contributed by atoms with Gasteiger partial charge in [-0.25, -0.2) is 0 Å². The molecule has 1 aliphatic rings. The summed E-state index contributed by atoms with van der Waals surface area (Å²) < 4.78 is 4.99. The number of rotatable bonds is 6. The predicted octanol–water partition coefficient (Wildman–Crippen LogP) is 4.61. The van der Waals surface area contributed by atoms with Crippen LogP contribution < -0.4 is 0 Å². The zero-order chi connectivity index (χ0) is 18.5. The minimum atomic E-state index is -0.151. The number of benzene rings is 1. The van der Waals surface area contributed by atoms with Crippen LogP contribution in [0, 0.1) is 6.92 Å². The van der Waals surface area contributed by atoms with Crippen LogP contribution in [0.3, 0.4) is 0 Å². The van der Waals surface area contributed by atoms with Gasteiger partial charge < -0.3 is 9.72 Å². The lowest BCUT2D eigenvalue weighted by Crippen LogP contribution is -2.05. The van der Waals surface area contributed by atoms with Crippen LogP contribution in [0.25, 0.3) is 5.57 Å². The SMILES string of the molecule is CCOC(=O)CCc1ccc(C(=C2C=CC(C)=N2)c2ccc(C)[nH]2)cc1. The Morgan fingerprint density at radius 3 is 2.42 bits per heavy atom. The molecule has 2 heterocycles. The molecule has 4 nitrogen and oxygen atoms in total. The van der Waals surface area contributed by atoms with E-state index in [4.69, 9.17) is 4.74 Å². The quantitative estimate of drug-likeness (QED) is 0.775. The standard InChI is InChI=1S/C22H24N2O2/c1-4-26-21(25)14-9-17-7-10-18(11-8-17)22(19-12-5-15(2)23-19)20-13-6-16(3)24-20/h5-8,10-13,23H,4,9,14H2,1-3H3. The van der Waals surface area contributed by atoms with Gasteiger partial charge in [-0.2, -0.15) is 0 Å². The van der Waals surface area contributed by atoms with Crippen molar-refractivity contribution in [1.29, 1.82) is 0 Å². The smallest absolute Gasteiger partial charge is 0.306 e. The molecule has 0 fully saturated rings. The molecule has 26 heavy (non-hydrogen) atoms. The van der Waals surface area contributed by atoms with Crippen molar-refractivity contribution >= 4 is 17.3 Å². The molecule has 0 saturated carbocycles. The highest BCUT2D eigenvalue weighted by molar-refractivity contribution is 5.99. The van der Waals surface area contributed by atoms with Crippen LogP contribution in [0.2, 0.25) is 0 Å². The molecule has 0 spiro atoms. The number of aliphatic imine (C=N–C) groups is 1. The van der Waals surface area contributed by atoms with Crippen molar-refractivity contribution in [3.8, 4) is 0 Å². The first-order valence-corrected chi connectivity index (χ1v) is 8.95. The van der Waals surface area contributed by atoms with Crippen LogP contribution in [-0.4, -0.2) is 23.3 Å². The minimum absolute atomic E-state index is 0.151. The number of hydrogen-bond acceptors (Lipinski definition) is 3. The number of esters is 1. The summed E-state index contributed by atoms with van der Waals surface area (Å²) in [6, 6.07) is 12.5. The third-order valence-electron chi connectivity index (χ3n) is 4.30. The van der Waals surface area contributed by atoms with Crippen LogP contribution in [0.5, 0.6) is 0 Å². The Morgan fingerprint density at radius 1 is 1.08 bits per heavy atom. The van der Waals surface area contributed by atoms with Crippen molar-refractivity contribution in [3.05, 3.63) is 76.8 Å². The Labute approximate surface area is 154 Å². The Morgan fingerprint density at radius 2 is 1.85 bits per heavy atom. The summed E-state index contributed by atoms with van der Waals surface area (Å²) in [5, 5.41) is 0. The van der Waals surface area contributed by atoms with Crippen LogP contribution >= 0.6 is 0 Å². The van der Waals surface area contributed by atoms with Crippen molar-refractivity contribution in [2.24, 2.45) is 4.99 Å². The molecule has 3 rings (SSSR count). The van der Waals surface area contributed by atoms with E-state index >= 15 is 0 Å². The van der Waals surface area contributed by atoms with Crippen molar-refractivity contribution in [2.45, 2.75) is 33.6 Å². The second kappa shape index (κ2) is 8.00. The zero-order valence-corrected chi connectivity index (χ0v) is 15.5. The summed E-state index contributed by atoms with van der Waals surface area (Å²) in [6.07, 6.45) is 5.17. The Kier molecular flexibility index (Phi) is 5.52. The van der Waals surface area contributed by atoms with Gasteiger partial charge in [0.25, 0.3) is 0 Å². The Balaban J connectivity index is 1.87. The summed E-state index contributed by atoms with van der Waals surface area (Å²) in [5.41, 5.74) is 7.45. The molecule has 1 aromatic carbocycles. The second-order valence-electron chi connectivity index (χ2n) is 6.40. The molecule has 0 aliphatic carbocycles. The monoisotopic (exact) mass is 348 g/mol. The van der Waals surface area contributed by atoms with Gasteiger partial charge in [0.1, 0.15) is 0 Å². The Bertz CT molecular complexity index is 883. The molecule has 1 aromatic heterocycles. The first-order valence-electron chi connectivity index (χ1n) is 8.95. The number of hydrogen-bond donors (Lipinski definition) is 1. The molecule has 134 valence electrons. The number of nitrogens with one attached hydrogen (secondary N) is 1. The highest BCUT2D eigenvalue weighted by Crippen LogP contribution is 2.30. The molecule has 0 radical (unpaired) electrons. The largest absolute Gasteiger partial charge is 0.466 e. The van der Waals surface area contributed by atoms with Crippen LogP contribution in [0.4, 0.5) is 0 Å². The van der Waals surface area contributed by atoms with Crippen LogP contribution in [0.1, 0.15) is 42.8 Å². The van der Waals surface area contributed by atoms with Gasteiger partial charge in [-0.15, -0.1) is 0 Å². The predicted molar refractivity (Wildman–Crippen MR) is 105 cm³/mol. The number of aryl methyl sites for hydroxylation is 2. The number of allylic oxidation sites excluding steroid dienone is 2. The summed E-state index contributed by atoms with van der Waals surface area (Å²) in [7, 11) is 0. The number of nitrogens with zero attached hydrogens (tertiary/aromatic N) is 1. The number of ether oxygens (including phenoxy) is 1. The van der Waals surface area contributed by atoms with Crippen LogP contribution in [0.15, 0.2) is 59.2 Å². The van der Waals surface area contributed by atoms with Gasteiger partial charge in [-0.3, -0.25) is 9.79 Å². The van der Waals surface area contributed by atoms with E-state index in [0.29, 0.717) is 19.4 Å². The molecule has 2 aromatic rings. The van der Waals surface area contributed by atoms with E-state index in [-0.39, 0.29) is 5.97 Å². The van der Waals surface area contributed by atoms with Crippen molar-refractivity contribution in [1.82, 2.24) is 4.98 Å². The van der Waals surface area contributed by atoms with E-state index in [1.54, 1.807) is 0 Å². The lowest BCUT2D eigenvalue weighted by Gasteiger charge is -2.10. The highest BCUT2D eigenvalue weighted by Gasteiger charge is 2.14. The normalized spacial score (nSPS) is 15.1. The zero-order valence-electron chi connectivity index (χ0n) is 15.5. The molecule has 1 aliphatic heterocycles. The fourth-order valence-corrected chi connectivity index (χ4v) is 3.01. The second-order valence-corrected chi connectivity index (χ2v) is 6.40. The first-order chi connectivity index (χ1) is 12.6. The summed E-state index contributed by atoms with van der Waals surface area (Å²) in [6.45, 7) is 6.30. The van der Waals surface area contributed by atoms with Gasteiger partial charge in [0.15, 0.2) is 0 Å². The summed E-state index contributed by atoms with van der Waals surface area (Å²) in [5.74, 6) is -0.151. The average molecular weight is 348 g/mol. The number of aromatic nitrogens is 1. The first kappa shape index (κ1) is 17.9. The van der Waals surface area contributed by atoms with Gasteiger partial charge in [-0.05, 0) is 62.6 Å².